The van der Waals surface area contributed by atoms with E-state index in [9.17, 15) is 22.8 Å². The maximum atomic E-state index is 13.0. The van der Waals surface area contributed by atoms with Gasteiger partial charge < -0.3 is 10.2 Å². The minimum Gasteiger partial charge on any atom is -0.339 e. The molecule has 0 aromatic heterocycles. The molecule has 8 heteroatoms. The quantitative estimate of drug-likeness (QED) is 0.823. The molecule has 2 amide bonds. The molecular formula is C17H20ClF3N2O2. The number of nitrogens with zero attached hydrogens (tertiary/aromatic N) is 1. The van der Waals surface area contributed by atoms with Gasteiger partial charge in [-0.3, -0.25) is 9.59 Å². The summed E-state index contributed by atoms with van der Waals surface area (Å²) < 4.78 is 39.1. The largest absolute Gasteiger partial charge is 0.418 e. The molecule has 1 aromatic rings. The Kier molecular flexibility index (Phi) is 6.32. The number of hydrogen-bond acceptors (Lipinski definition) is 2. The molecule has 1 fully saturated rings. The molecule has 0 unspecified atom stereocenters. The molecule has 0 spiro atoms. The van der Waals surface area contributed by atoms with E-state index in [0.29, 0.717) is 0 Å². The highest BCUT2D eigenvalue weighted by molar-refractivity contribution is 6.30. The van der Waals surface area contributed by atoms with Gasteiger partial charge in [0.2, 0.25) is 11.8 Å². The fraction of sp³-hybridized carbons (Fsp3) is 0.529. The zero-order valence-corrected chi connectivity index (χ0v) is 14.6. The molecule has 1 aliphatic rings. The lowest BCUT2D eigenvalue weighted by molar-refractivity contribution is -0.137. The number of amides is 2. The van der Waals surface area contributed by atoms with Crippen LogP contribution < -0.4 is 5.32 Å². The van der Waals surface area contributed by atoms with Crippen LogP contribution in [0.5, 0.6) is 0 Å². The van der Waals surface area contributed by atoms with Gasteiger partial charge in [0.05, 0.1) is 11.3 Å². The Morgan fingerprint density at radius 1 is 1.28 bits per heavy atom. The lowest BCUT2D eigenvalue weighted by Crippen LogP contribution is -2.39. The number of rotatable bonds is 5. The third-order valence-electron chi connectivity index (χ3n) is 4.31. The van der Waals surface area contributed by atoms with Gasteiger partial charge in [-0.05, 0) is 31.0 Å². The Hall–Kier alpha value is -1.76. The van der Waals surface area contributed by atoms with Gasteiger partial charge in [-0.1, -0.05) is 24.4 Å². The van der Waals surface area contributed by atoms with Crippen LogP contribution in [0.15, 0.2) is 18.2 Å². The minimum atomic E-state index is -4.62. The second-order valence-corrected chi connectivity index (χ2v) is 6.57. The summed E-state index contributed by atoms with van der Waals surface area (Å²) >= 11 is 5.61. The van der Waals surface area contributed by atoms with E-state index in [1.54, 1.807) is 4.90 Å². The maximum absolute atomic E-state index is 13.0. The van der Waals surface area contributed by atoms with Crippen LogP contribution in [0.25, 0.3) is 0 Å². The van der Waals surface area contributed by atoms with Crippen molar-refractivity contribution >= 4 is 29.1 Å². The average Bonchev–Trinajstić information content (AvgIpc) is 3.02. The third-order valence-corrected chi connectivity index (χ3v) is 4.55. The number of carbonyl (C=O) groups is 2. The SMILES string of the molecule is CC(=O)N(CCC(=O)Nc1ccc(Cl)cc1C(F)(F)F)C1CCCC1. The lowest BCUT2D eigenvalue weighted by Gasteiger charge is -2.27. The van der Waals surface area contributed by atoms with Crippen molar-refractivity contribution in [2.24, 2.45) is 0 Å². The Bertz CT molecular complexity index is 643. The van der Waals surface area contributed by atoms with Crippen molar-refractivity contribution in [1.82, 2.24) is 4.90 Å². The van der Waals surface area contributed by atoms with Crippen LogP contribution in [0.1, 0.15) is 44.6 Å². The van der Waals surface area contributed by atoms with Gasteiger partial charge in [0.15, 0.2) is 0 Å². The number of anilines is 1. The fourth-order valence-corrected chi connectivity index (χ4v) is 3.28. The van der Waals surface area contributed by atoms with Crippen LogP contribution >= 0.6 is 11.6 Å². The molecule has 1 saturated carbocycles. The van der Waals surface area contributed by atoms with Gasteiger partial charge in [-0.2, -0.15) is 13.2 Å². The summed E-state index contributed by atoms with van der Waals surface area (Å²) in [5.41, 5.74) is -1.33. The molecule has 0 atom stereocenters. The van der Waals surface area contributed by atoms with Crippen LogP contribution in [0.2, 0.25) is 5.02 Å². The fourth-order valence-electron chi connectivity index (χ4n) is 3.11. The Morgan fingerprint density at radius 2 is 1.92 bits per heavy atom. The molecule has 1 aromatic carbocycles. The van der Waals surface area contributed by atoms with Crippen molar-refractivity contribution in [2.45, 2.75) is 51.2 Å². The van der Waals surface area contributed by atoms with E-state index in [2.05, 4.69) is 5.32 Å². The molecule has 1 aliphatic carbocycles. The van der Waals surface area contributed by atoms with Gasteiger partial charge in [-0.15, -0.1) is 0 Å². The number of hydrogen-bond donors (Lipinski definition) is 1. The summed E-state index contributed by atoms with van der Waals surface area (Å²) in [6.07, 6.45) is -0.799. The molecule has 0 heterocycles. The van der Waals surface area contributed by atoms with Crippen molar-refractivity contribution in [2.75, 3.05) is 11.9 Å². The highest BCUT2D eigenvalue weighted by Gasteiger charge is 2.34. The van der Waals surface area contributed by atoms with Crippen LogP contribution in [-0.2, 0) is 15.8 Å². The molecule has 25 heavy (non-hydrogen) atoms. The van der Waals surface area contributed by atoms with Gasteiger partial charge in [0, 0.05) is 31.0 Å². The van der Waals surface area contributed by atoms with Gasteiger partial charge >= 0.3 is 6.18 Å². The summed E-state index contributed by atoms with van der Waals surface area (Å²) in [5.74, 6) is -0.695. The van der Waals surface area contributed by atoms with Crippen molar-refractivity contribution < 1.29 is 22.8 Å². The molecule has 1 N–H and O–H groups in total. The first-order valence-corrected chi connectivity index (χ1v) is 8.50. The summed E-state index contributed by atoms with van der Waals surface area (Å²) in [5, 5.41) is 2.21. The second kappa shape index (κ2) is 8.08. The Balaban J connectivity index is 2.01. The second-order valence-electron chi connectivity index (χ2n) is 6.14. The third kappa shape index (κ3) is 5.36. The number of nitrogens with one attached hydrogen (secondary N) is 1. The minimum absolute atomic E-state index is 0.0595. The molecule has 0 bridgehead atoms. The molecule has 0 saturated heterocycles. The van der Waals surface area contributed by atoms with E-state index >= 15 is 0 Å². The topological polar surface area (TPSA) is 49.4 Å². The van der Waals surface area contributed by atoms with Crippen molar-refractivity contribution in [3.8, 4) is 0 Å². The van der Waals surface area contributed by atoms with E-state index in [4.69, 9.17) is 11.6 Å². The molecule has 4 nitrogen and oxygen atoms in total. The molecule has 2 rings (SSSR count). The first-order valence-electron chi connectivity index (χ1n) is 8.12. The Morgan fingerprint density at radius 3 is 2.48 bits per heavy atom. The zero-order valence-electron chi connectivity index (χ0n) is 13.8. The van der Waals surface area contributed by atoms with Gasteiger partial charge in [0.25, 0.3) is 0 Å². The van der Waals surface area contributed by atoms with Crippen LogP contribution in [0.3, 0.4) is 0 Å². The van der Waals surface area contributed by atoms with E-state index in [1.165, 1.54) is 13.0 Å². The van der Waals surface area contributed by atoms with Gasteiger partial charge in [0.1, 0.15) is 0 Å². The molecule has 0 radical (unpaired) electrons. The van der Waals surface area contributed by atoms with Crippen molar-refractivity contribution in [3.63, 3.8) is 0 Å². The van der Waals surface area contributed by atoms with Gasteiger partial charge in [-0.25, -0.2) is 0 Å². The zero-order chi connectivity index (χ0) is 18.6. The summed E-state index contributed by atoms with van der Waals surface area (Å²) in [6.45, 7) is 1.64. The first-order chi connectivity index (χ1) is 11.7. The van der Waals surface area contributed by atoms with Crippen LogP contribution in [-0.4, -0.2) is 29.3 Å². The summed E-state index contributed by atoms with van der Waals surface area (Å²) in [7, 11) is 0. The smallest absolute Gasteiger partial charge is 0.339 e. The van der Waals surface area contributed by atoms with Crippen molar-refractivity contribution in [1.29, 1.82) is 0 Å². The van der Waals surface area contributed by atoms with Crippen LogP contribution in [0.4, 0.5) is 18.9 Å². The number of benzene rings is 1. The lowest BCUT2D eigenvalue weighted by atomic mass is 10.1. The van der Waals surface area contributed by atoms with Crippen LogP contribution in [0, 0.1) is 0 Å². The predicted molar refractivity (Wildman–Crippen MR) is 89.3 cm³/mol. The van der Waals surface area contributed by atoms with E-state index in [0.717, 1.165) is 37.8 Å². The van der Waals surface area contributed by atoms with E-state index in [1.807, 2.05) is 0 Å². The monoisotopic (exact) mass is 376 g/mol. The van der Waals surface area contributed by atoms with E-state index < -0.39 is 17.6 Å². The molecule has 138 valence electrons. The molecular weight excluding hydrogens is 357 g/mol. The Labute approximate surface area is 149 Å². The maximum Gasteiger partial charge on any atom is 0.418 e. The summed E-state index contributed by atoms with van der Waals surface area (Å²) in [4.78, 5) is 25.5. The summed E-state index contributed by atoms with van der Waals surface area (Å²) in [6, 6.07) is 3.30. The first kappa shape index (κ1) is 19.6. The van der Waals surface area contributed by atoms with E-state index in [-0.39, 0.29) is 35.6 Å². The molecule has 0 aliphatic heterocycles. The highest BCUT2D eigenvalue weighted by Crippen LogP contribution is 2.36. The highest BCUT2D eigenvalue weighted by atomic mass is 35.5. The van der Waals surface area contributed by atoms with Crippen molar-refractivity contribution in [3.05, 3.63) is 28.8 Å². The normalized spacial score (nSPS) is 15.2. The predicted octanol–water partition coefficient (Wildman–Crippen LogP) is 4.48. The number of alkyl halides is 3. The standard InChI is InChI=1S/C17H20ClF3N2O2/c1-11(24)23(13-4-2-3-5-13)9-8-16(25)22-15-7-6-12(18)10-14(15)17(19,20)21/h6-7,10,13H,2-5,8-9H2,1H3,(H,22,25). The number of halogens is 4. The average molecular weight is 377 g/mol. The number of carbonyl (C=O) groups excluding carboxylic acids is 2.